The molecule has 1 aliphatic rings. The van der Waals surface area contributed by atoms with Crippen LogP contribution in [0.25, 0.3) is 0 Å². The Balaban J connectivity index is 2.23. The topological polar surface area (TPSA) is 30.5 Å². The van der Waals surface area contributed by atoms with Gasteiger partial charge in [-0.05, 0) is 26.3 Å². The van der Waals surface area contributed by atoms with Crippen molar-refractivity contribution in [3.05, 3.63) is 0 Å². The highest BCUT2D eigenvalue weighted by Gasteiger charge is 2.30. The van der Waals surface area contributed by atoms with E-state index < -0.39 is 0 Å². The van der Waals surface area contributed by atoms with Crippen molar-refractivity contribution in [2.75, 3.05) is 33.4 Å². The Morgan fingerprint density at radius 3 is 2.33 bits per heavy atom. The first-order chi connectivity index (χ1) is 8.83. The fourth-order valence-corrected chi connectivity index (χ4v) is 2.73. The highest BCUT2D eigenvalue weighted by atomic mass is 16.5. The van der Waals surface area contributed by atoms with Crippen LogP contribution in [-0.2, 0) is 9.47 Å². The standard InChI is InChI=1S/C15H31NO2/c1-3-4-11-17-12-13-18-15(14-16-2)9-7-5-6-8-10-15/h16H,3-14H2,1-2H3. The second-order valence-electron chi connectivity index (χ2n) is 5.44. The number of rotatable bonds is 9. The summed E-state index contributed by atoms with van der Waals surface area (Å²) < 4.78 is 11.8. The van der Waals surface area contributed by atoms with Gasteiger partial charge in [-0.3, -0.25) is 0 Å². The summed E-state index contributed by atoms with van der Waals surface area (Å²) >= 11 is 0. The van der Waals surface area contributed by atoms with E-state index in [1.807, 2.05) is 7.05 Å². The number of unbranched alkanes of at least 4 members (excludes halogenated alkanes) is 1. The van der Waals surface area contributed by atoms with Crippen molar-refractivity contribution in [3.8, 4) is 0 Å². The van der Waals surface area contributed by atoms with E-state index in [4.69, 9.17) is 9.47 Å². The van der Waals surface area contributed by atoms with Crippen molar-refractivity contribution in [1.82, 2.24) is 5.32 Å². The molecule has 0 aliphatic heterocycles. The summed E-state index contributed by atoms with van der Waals surface area (Å²) in [7, 11) is 2.02. The zero-order chi connectivity index (χ0) is 13.1. The van der Waals surface area contributed by atoms with E-state index in [-0.39, 0.29) is 5.60 Å². The minimum atomic E-state index is 0.0688. The predicted octanol–water partition coefficient (Wildman–Crippen LogP) is 3.13. The Labute approximate surface area is 113 Å². The van der Waals surface area contributed by atoms with Gasteiger partial charge in [0.25, 0.3) is 0 Å². The second-order valence-corrected chi connectivity index (χ2v) is 5.44. The molecule has 1 N–H and O–H groups in total. The van der Waals surface area contributed by atoms with Crippen LogP contribution in [0, 0.1) is 0 Å². The maximum Gasteiger partial charge on any atom is 0.0807 e. The van der Waals surface area contributed by atoms with Crippen molar-refractivity contribution >= 4 is 0 Å². The Hall–Kier alpha value is -0.120. The van der Waals surface area contributed by atoms with Crippen molar-refractivity contribution in [2.45, 2.75) is 63.9 Å². The molecule has 0 heterocycles. The fourth-order valence-electron chi connectivity index (χ4n) is 2.73. The number of ether oxygens (including phenoxy) is 2. The molecule has 0 spiro atoms. The molecule has 108 valence electrons. The SMILES string of the molecule is CCCCOCCOC1(CNC)CCCCCC1. The molecular weight excluding hydrogens is 226 g/mol. The lowest BCUT2D eigenvalue weighted by Crippen LogP contribution is -2.42. The third-order valence-electron chi connectivity index (χ3n) is 3.79. The van der Waals surface area contributed by atoms with Crippen LogP contribution in [0.15, 0.2) is 0 Å². The number of hydrogen-bond acceptors (Lipinski definition) is 3. The average Bonchev–Trinajstić information content (AvgIpc) is 2.60. The maximum absolute atomic E-state index is 6.18. The second kappa shape index (κ2) is 9.76. The fraction of sp³-hybridized carbons (Fsp3) is 1.00. The molecule has 1 saturated carbocycles. The number of likely N-dealkylation sites (N-methyl/N-ethyl adjacent to an activating group) is 1. The molecule has 0 aromatic carbocycles. The first kappa shape index (κ1) is 15.9. The Bertz CT molecular complexity index is 189. The molecule has 3 nitrogen and oxygen atoms in total. The van der Waals surface area contributed by atoms with Crippen molar-refractivity contribution < 1.29 is 9.47 Å². The first-order valence-corrected chi connectivity index (χ1v) is 7.69. The molecule has 0 bridgehead atoms. The van der Waals surface area contributed by atoms with Crippen molar-refractivity contribution in [3.63, 3.8) is 0 Å². The van der Waals surface area contributed by atoms with E-state index in [1.165, 1.54) is 44.9 Å². The molecule has 0 amide bonds. The summed E-state index contributed by atoms with van der Waals surface area (Å²) in [6.07, 6.45) is 10.1. The predicted molar refractivity (Wildman–Crippen MR) is 76.0 cm³/mol. The highest BCUT2D eigenvalue weighted by Crippen LogP contribution is 2.29. The summed E-state index contributed by atoms with van der Waals surface area (Å²) in [5, 5.41) is 3.30. The summed E-state index contributed by atoms with van der Waals surface area (Å²) in [5.41, 5.74) is 0.0688. The van der Waals surface area contributed by atoms with Crippen LogP contribution in [0.5, 0.6) is 0 Å². The first-order valence-electron chi connectivity index (χ1n) is 7.69. The lowest BCUT2D eigenvalue weighted by atomic mass is 9.94. The summed E-state index contributed by atoms with van der Waals surface area (Å²) in [5.74, 6) is 0. The van der Waals surface area contributed by atoms with E-state index in [9.17, 15) is 0 Å². The third-order valence-corrected chi connectivity index (χ3v) is 3.79. The Morgan fingerprint density at radius 1 is 1.00 bits per heavy atom. The molecule has 1 aliphatic carbocycles. The van der Waals surface area contributed by atoms with Crippen molar-refractivity contribution in [2.24, 2.45) is 0 Å². The molecule has 0 atom stereocenters. The van der Waals surface area contributed by atoms with Gasteiger partial charge in [0.2, 0.25) is 0 Å². The van der Waals surface area contributed by atoms with Gasteiger partial charge in [0.1, 0.15) is 0 Å². The van der Waals surface area contributed by atoms with E-state index in [2.05, 4.69) is 12.2 Å². The molecule has 1 fully saturated rings. The van der Waals surface area contributed by atoms with Gasteiger partial charge in [-0.25, -0.2) is 0 Å². The third kappa shape index (κ3) is 6.17. The van der Waals surface area contributed by atoms with E-state index >= 15 is 0 Å². The Kier molecular flexibility index (Phi) is 8.64. The van der Waals surface area contributed by atoms with Crippen LogP contribution < -0.4 is 5.32 Å². The smallest absolute Gasteiger partial charge is 0.0807 e. The van der Waals surface area contributed by atoms with E-state index in [0.717, 1.165) is 32.8 Å². The van der Waals surface area contributed by atoms with Gasteiger partial charge in [0.05, 0.1) is 18.8 Å². The normalized spacial score (nSPS) is 19.7. The zero-order valence-electron chi connectivity index (χ0n) is 12.3. The van der Waals surface area contributed by atoms with Gasteiger partial charge in [-0.15, -0.1) is 0 Å². The number of hydrogen-bond donors (Lipinski definition) is 1. The molecule has 0 unspecified atom stereocenters. The molecule has 0 aromatic heterocycles. The largest absolute Gasteiger partial charge is 0.379 e. The monoisotopic (exact) mass is 257 g/mol. The van der Waals surface area contributed by atoms with Crippen LogP contribution in [0.2, 0.25) is 0 Å². The van der Waals surface area contributed by atoms with Crippen molar-refractivity contribution in [1.29, 1.82) is 0 Å². The van der Waals surface area contributed by atoms with Crippen LogP contribution in [0.4, 0.5) is 0 Å². The van der Waals surface area contributed by atoms with Gasteiger partial charge in [0.15, 0.2) is 0 Å². The molecule has 0 aromatic rings. The highest BCUT2D eigenvalue weighted by molar-refractivity contribution is 4.85. The van der Waals surface area contributed by atoms with Gasteiger partial charge < -0.3 is 14.8 Å². The summed E-state index contributed by atoms with van der Waals surface area (Å²) in [6, 6.07) is 0. The molecule has 0 radical (unpaired) electrons. The number of nitrogens with one attached hydrogen (secondary N) is 1. The quantitative estimate of drug-likeness (QED) is 0.508. The Morgan fingerprint density at radius 2 is 1.72 bits per heavy atom. The summed E-state index contributed by atoms with van der Waals surface area (Å²) in [4.78, 5) is 0. The van der Waals surface area contributed by atoms with Gasteiger partial charge in [0, 0.05) is 13.2 Å². The average molecular weight is 257 g/mol. The van der Waals surface area contributed by atoms with Crippen LogP contribution in [-0.4, -0.2) is 39.0 Å². The van der Waals surface area contributed by atoms with Crippen LogP contribution >= 0.6 is 0 Å². The van der Waals surface area contributed by atoms with Gasteiger partial charge in [-0.1, -0.05) is 39.0 Å². The van der Waals surface area contributed by atoms with Gasteiger partial charge in [-0.2, -0.15) is 0 Å². The zero-order valence-corrected chi connectivity index (χ0v) is 12.3. The molecule has 18 heavy (non-hydrogen) atoms. The summed E-state index contributed by atoms with van der Waals surface area (Å²) in [6.45, 7) is 5.52. The minimum Gasteiger partial charge on any atom is -0.379 e. The van der Waals surface area contributed by atoms with Crippen LogP contribution in [0.1, 0.15) is 58.3 Å². The minimum absolute atomic E-state index is 0.0688. The molecule has 0 saturated heterocycles. The van der Waals surface area contributed by atoms with E-state index in [1.54, 1.807) is 0 Å². The van der Waals surface area contributed by atoms with E-state index in [0.29, 0.717) is 0 Å². The lowest BCUT2D eigenvalue weighted by Gasteiger charge is -2.33. The maximum atomic E-state index is 6.18. The lowest BCUT2D eigenvalue weighted by molar-refractivity contribution is -0.0744. The van der Waals surface area contributed by atoms with Gasteiger partial charge >= 0.3 is 0 Å². The molecule has 3 heteroatoms. The molecule has 1 rings (SSSR count). The van der Waals surface area contributed by atoms with Crippen LogP contribution in [0.3, 0.4) is 0 Å². The molecular formula is C15H31NO2.